The number of carbonyl (C=O) groups is 2. The lowest BCUT2D eigenvalue weighted by molar-refractivity contribution is -0.162. The molecule has 0 bridgehead atoms. The molecule has 0 aliphatic rings. The van der Waals surface area contributed by atoms with Gasteiger partial charge in [0.1, 0.15) is 0 Å². The average molecular weight is 544 g/mol. The second kappa shape index (κ2) is 11.8. The van der Waals surface area contributed by atoms with Gasteiger partial charge in [0.25, 0.3) is 11.8 Å². The van der Waals surface area contributed by atoms with Crippen molar-refractivity contribution in [3.05, 3.63) is 131 Å². The van der Waals surface area contributed by atoms with Gasteiger partial charge in [0.05, 0.1) is 16.8 Å². The monoisotopic (exact) mass is 544 g/mol. The van der Waals surface area contributed by atoms with Crippen LogP contribution in [0.5, 0.6) is 0 Å². The van der Waals surface area contributed by atoms with Gasteiger partial charge in [0.2, 0.25) is 0 Å². The van der Waals surface area contributed by atoms with E-state index in [9.17, 15) is 35.9 Å². The number of benzene rings is 4. The summed E-state index contributed by atoms with van der Waals surface area (Å²) in [6.45, 7) is 2.00. The SMILES string of the molecule is Cc1ccccc1N.O=C(c1ccccc1)N(C(=O)c1ccccc1)c1ccc(C(F)(F)F)c(C(F)(F)F)c1. The Morgan fingerprint density at radius 2 is 1.05 bits per heavy atom. The number of nitrogens with zero attached hydrogens (tertiary/aromatic N) is 1. The molecule has 0 fully saturated rings. The second-order valence-corrected chi connectivity index (χ2v) is 8.26. The Balaban J connectivity index is 0.000000449. The van der Waals surface area contributed by atoms with E-state index >= 15 is 0 Å². The minimum absolute atomic E-state index is 0.0276. The largest absolute Gasteiger partial charge is 0.417 e. The first-order chi connectivity index (χ1) is 18.3. The molecule has 2 N–H and O–H groups in total. The van der Waals surface area contributed by atoms with E-state index in [0.29, 0.717) is 11.0 Å². The normalized spacial score (nSPS) is 11.3. The van der Waals surface area contributed by atoms with Gasteiger partial charge in [-0.1, -0.05) is 54.6 Å². The van der Waals surface area contributed by atoms with Gasteiger partial charge in [-0.25, -0.2) is 4.90 Å². The summed E-state index contributed by atoms with van der Waals surface area (Å²) in [7, 11) is 0. The van der Waals surface area contributed by atoms with Crippen molar-refractivity contribution in [2.45, 2.75) is 19.3 Å². The fourth-order valence-electron chi connectivity index (χ4n) is 3.49. The third kappa shape index (κ3) is 7.25. The Kier molecular flexibility index (Phi) is 8.80. The first-order valence-corrected chi connectivity index (χ1v) is 11.4. The zero-order valence-corrected chi connectivity index (χ0v) is 20.4. The summed E-state index contributed by atoms with van der Waals surface area (Å²) in [4.78, 5) is 26.4. The van der Waals surface area contributed by atoms with E-state index in [2.05, 4.69) is 0 Å². The standard InChI is InChI=1S/C22H13F6NO2.C7H9N/c23-21(24,25)17-12-11-16(13-18(17)22(26,27)28)29(19(30)14-7-3-1-4-8-14)20(31)15-9-5-2-6-10-15;1-6-4-2-3-5-7(6)8/h1-13H;2-5H,8H2,1H3. The average Bonchev–Trinajstić information content (AvgIpc) is 2.90. The maximum absolute atomic E-state index is 13.4. The highest BCUT2D eigenvalue weighted by Crippen LogP contribution is 2.42. The number of aryl methyl sites for hydroxylation is 1. The summed E-state index contributed by atoms with van der Waals surface area (Å²) in [6, 6.07) is 23.3. The van der Waals surface area contributed by atoms with Crippen molar-refractivity contribution < 1.29 is 35.9 Å². The topological polar surface area (TPSA) is 63.4 Å². The molecule has 0 atom stereocenters. The zero-order chi connectivity index (χ0) is 28.8. The van der Waals surface area contributed by atoms with Crippen molar-refractivity contribution in [2.24, 2.45) is 0 Å². The minimum atomic E-state index is -5.36. The van der Waals surface area contributed by atoms with Crippen LogP contribution in [0, 0.1) is 6.92 Å². The number of amides is 2. The van der Waals surface area contributed by atoms with E-state index in [-0.39, 0.29) is 23.3 Å². The number of rotatable bonds is 3. The van der Waals surface area contributed by atoms with Crippen molar-refractivity contribution >= 4 is 23.2 Å². The van der Waals surface area contributed by atoms with E-state index in [1.54, 1.807) is 12.1 Å². The molecule has 0 saturated heterocycles. The zero-order valence-electron chi connectivity index (χ0n) is 20.4. The van der Waals surface area contributed by atoms with Gasteiger partial charge in [-0.15, -0.1) is 0 Å². The van der Waals surface area contributed by atoms with Crippen LogP contribution in [-0.4, -0.2) is 11.8 Å². The summed E-state index contributed by atoms with van der Waals surface area (Å²) in [5.74, 6) is -1.97. The molecule has 4 nitrogen and oxygen atoms in total. The lowest BCUT2D eigenvalue weighted by Crippen LogP contribution is -2.37. The number of halogens is 6. The second-order valence-electron chi connectivity index (χ2n) is 8.26. The predicted octanol–water partition coefficient (Wildman–Crippen LogP) is 7.79. The number of carbonyl (C=O) groups excluding carboxylic acids is 2. The molecular formula is C29H22F6N2O2. The highest BCUT2D eigenvalue weighted by Gasteiger charge is 2.44. The van der Waals surface area contributed by atoms with E-state index in [1.807, 2.05) is 31.2 Å². The van der Waals surface area contributed by atoms with Crippen LogP contribution in [0.4, 0.5) is 37.7 Å². The molecule has 0 aromatic heterocycles. The van der Waals surface area contributed by atoms with E-state index < -0.39 is 41.0 Å². The third-order valence-corrected chi connectivity index (χ3v) is 5.51. The van der Waals surface area contributed by atoms with Crippen molar-refractivity contribution in [3.63, 3.8) is 0 Å². The molecular weight excluding hydrogens is 522 g/mol. The summed E-state index contributed by atoms with van der Waals surface area (Å²) in [5.41, 5.74) is 2.93. The van der Waals surface area contributed by atoms with Crippen molar-refractivity contribution in [1.82, 2.24) is 0 Å². The van der Waals surface area contributed by atoms with Crippen molar-refractivity contribution in [2.75, 3.05) is 10.6 Å². The summed E-state index contributed by atoms with van der Waals surface area (Å²) in [5, 5.41) is 0. The predicted molar refractivity (Wildman–Crippen MR) is 136 cm³/mol. The Morgan fingerprint density at radius 1 is 0.615 bits per heavy atom. The molecule has 39 heavy (non-hydrogen) atoms. The van der Waals surface area contributed by atoms with Crippen LogP contribution in [0.25, 0.3) is 0 Å². The highest BCUT2D eigenvalue weighted by atomic mass is 19.4. The number of nitrogen functional groups attached to an aromatic ring is 1. The van der Waals surface area contributed by atoms with Gasteiger partial charge >= 0.3 is 12.4 Å². The molecule has 0 unspecified atom stereocenters. The molecule has 0 heterocycles. The number of para-hydroxylation sites is 1. The smallest absolute Gasteiger partial charge is 0.399 e. The Morgan fingerprint density at radius 3 is 1.44 bits per heavy atom. The first kappa shape index (κ1) is 29.0. The van der Waals surface area contributed by atoms with Crippen molar-refractivity contribution in [1.29, 1.82) is 0 Å². The van der Waals surface area contributed by atoms with Gasteiger partial charge in [-0.3, -0.25) is 9.59 Å². The molecule has 0 aliphatic carbocycles. The van der Waals surface area contributed by atoms with Gasteiger partial charge in [0.15, 0.2) is 0 Å². The molecule has 202 valence electrons. The summed E-state index contributed by atoms with van der Waals surface area (Å²) in [6.07, 6.45) is -10.6. The van der Waals surface area contributed by atoms with Crippen LogP contribution >= 0.6 is 0 Å². The number of nitrogens with two attached hydrogens (primary N) is 1. The molecule has 0 radical (unpaired) electrons. The lowest BCUT2D eigenvalue weighted by atomic mass is 10.0. The van der Waals surface area contributed by atoms with Crippen LogP contribution in [0.2, 0.25) is 0 Å². The molecule has 2 amide bonds. The fourth-order valence-corrected chi connectivity index (χ4v) is 3.49. The Hall–Kier alpha value is -4.60. The molecule has 10 heteroatoms. The van der Waals surface area contributed by atoms with Gasteiger partial charge in [-0.2, -0.15) is 26.3 Å². The molecule has 0 aliphatic heterocycles. The van der Waals surface area contributed by atoms with Crippen LogP contribution in [0.15, 0.2) is 103 Å². The third-order valence-electron chi connectivity index (χ3n) is 5.51. The van der Waals surface area contributed by atoms with E-state index in [0.717, 1.165) is 11.3 Å². The Labute approximate surface area is 220 Å². The quantitative estimate of drug-likeness (QED) is 0.163. The Bertz CT molecular complexity index is 1360. The maximum atomic E-state index is 13.4. The van der Waals surface area contributed by atoms with E-state index in [1.165, 1.54) is 48.5 Å². The first-order valence-electron chi connectivity index (χ1n) is 11.4. The molecule has 0 spiro atoms. The van der Waals surface area contributed by atoms with Crippen molar-refractivity contribution in [3.8, 4) is 0 Å². The number of hydrogen-bond acceptors (Lipinski definition) is 3. The summed E-state index contributed by atoms with van der Waals surface area (Å²) < 4.78 is 79.5. The number of hydrogen-bond donors (Lipinski definition) is 1. The molecule has 4 aromatic carbocycles. The maximum Gasteiger partial charge on any atom is 0.417 e. The lowest BCUT2D eigenvalue weighted by Gasteiger charge is -2.24. The minimum Gasteiger partial charge on any atom is -0.399 e. The van der Waals surface area contributed by atoms with Gasteiger partial charge < -0.3 is 5.73 Å². The van der Waals surface area contributed by atoms with Crippen LogP contribution < -0.4 is 10.6 Å². The number of anilines is 2. The number of imide groups is 1. The van der Waals surface area contributed by atoms with E-state index in [4.69, 9.17) is 5.73 Å². The highest BCUT2D eigenvalue weighted by molar-refractivity contribution is 6.25. The van der Waals surface area contributed by atoms with Crippen LogP contribution in [0.1, 0.15) is 37.4 Å². The van der Waals surface area contributed by atoms with Gasteiger partial charge in [-0.05, 0) is 61.0 Å². The van der Waals surface area contributed by atoms with Crippen LogP contribution in [-0.2, 0) is 12.4 Å². The summed E-state index contributed by atoms with van der Waals surface area (Å²) >= 11 is 0. The number of alkyl halides is 6. The molecule has 4 rings (SSSR count). The fraction of sp³-hybridized carbons (Fsp3) is 0.103. The van der Waals surface area contributed by atoms with Crippen LogP contribution in [0.3, 0.4) is 0 Å². The van der Waals surface area contributed by atoms with Gasteiger partial charge in [0, 0.05) is 16.8 Å². The molecule has 0 saturated carbocycles. The molecule has 4 aromatic rings.